The summed E-state index contributed by atoms with van der Waals surface area (Å²) in [4.78, 5) is 11.0. The molecular formula is C18H18BrN3O. The Morgan fingerprint density at radius 1 is 1.04 bits per heavy atom. The Bertz CT molecular complexity index is 740. The predicted molar refractivity (Wildman–Crippen MR) is 93.7 cm³/mol. The van der Waals surface area contributed by atoms with Crippen LogP contribution in [0.3, 0.4) is 0 Å². The van der Waals surface area contributed by atoms with Gasteiger partial charge in [-0.15, -0.1) is 0 Å². The molecule has 3 rings (SSSR count). The smallest absolute Gasteiger partial charge is 0.226 e. The first kappa shape index (κ1) is 15.9. The van der Waals surface area contributed by atoms with E-state index in [2.05, 4.69) is 37.7 Å². The van der Waals surface area contributed by atoms with E-state index in [-0.39, 0.29) is 0 Å². The monoisotopic (exact) mass is 371 g/mol. The molecular weight excluding hydrogens is 354 g/mol. The number of pyridine rings is 1. The van der Waals surface area contributed by atoms with E-state index in [0.717, 1.165) is 35.4 Å². The zero-order valence-corrected chi connectivity index (χ0v) is 14.5. The van der Waals surface area contributed by atoms with Crippen molar-refractivity contribution >= 4 is 15.9 Å². The maximum Gasteiger partial charge on any atom is 0.226 e. The van der Waals surface area contributed by atoms with Gasteiger partial charge in [-0.3, -0.25) is 9.88 Å². The molecule has 118 valence electrons. The van der Waals surface area contributed by atoms with Gasteiger partial charge in [-0.25, -0.2) is 4.98 Å². The molecule has 2 heterocycles. The quantitative estimate of drug-likeness (QED) is 0.638. The minimum absolute atomic E-state index is 0.660. The summed E-state index contributed by atoms with van der Waals surface area (Å²) >= 11 is 3.43. The fourth-order valence-corrected chi connectivity index (χ4v) is 2.62. The van der Waals surface area contributed by atoms with Crippen LogP contribution in [0.25, 0.3) is 11.5 Å². The molecule has 0 spiro atoms. The second-order valence-corrected chi connectivity index (χ2v) is 6.23. The normalized spacial score (nSPS) is 11.1. The van der Waals surface area contributed by atoms with Gasteiger partial charge in [0, 0.05) is 35.5 Å². The Labute approximate surface area is 144 Å². The Hall–Kier alpha value is -1.98. The van der Waals surface area contributed by atoms with E-state index >= 15 is 0 Å². The average Bonchev–Trinajstić information content (AvgIpc) is 3.04. The van der Waals surface area contributed by atoms with Crippen LogP contribution < -0.4 is 0 Å². The predicted octanol–water partition coefficient (Wildman–Crippen LogP) is 4.52. The van der Waals surface area contributed by atoms with Crippen molar-refractivity contribution in [2.24, 2.45) is 0 Å². The largest absolute Gasteiger partial charge is 0.444 e. The summed E-state index contributed by atoms with van der Waals surface area (Å²) < 4.78 is 6.67. The molecule has 2 aromatic heterocycles. The minimum Gasteiger partial charge on any atom is -0.444 e. The van der Waals surface area contributed by atoms with E-state index in [9.17, 15) is 0 Å². The highest BCUT2D eigenvalue weighted by Crippen LogP contribution is 2.21. The van der Waals surface area contributed by atoms with Gasteiger partial charge in [-0.1, -0.05) is 22.9 Å². The van der Waals surface area contributed by atoms with Gasteiger partial charge in [0.1, 0.15) is 6.26 Å². The Morgan fingerprint density at radius 3 is 2.48 bits per heavy atom. The lowest BCUT2D eigenvalue weighted by atomic mass is 10.2. The molecule has 0 atom stereocenters. The molecule has 0 saturated carbocycles. The lowest BCUT2D eigenvalue weighted by Gasteiger charge is -2.18. The molecule has 0 radical (unpaired) electrons. The molecule has 0 unspecified atom stereocenters. The first-order chi connectivity index (χ1) is 11.2. The molecule has 5 heteroatoms. The van der Waals surface area contributed by atoms with Gasteiger partial charge in [0.25, 0.3) is 0 Å². The Balaban J connectivity index is 1.68. The number of nitrogens with zero attached hydrogens (tertiary/aromatic N) is 3. The zero-order chi connectivity index (χ0) is 16.1. The third kappa shape index (κ3) is 4.27. The van der Waals surface area contributed by atoms with E-state index in [0.29, 0.717) is 5.89 Å². The first-order valence-corrected chi connectivity index (χ1v) is 8.35. The highest BCUT2D eigenvalue weighted by atomic mass is 79.9. The SMILES string of the molecule is CCN(Cc1ccncc1)Cc1coc(-c2ccc(Br)cc2)n1. The summed E-state index contributed by atoms with van der Waals surface area (Å²) in [7, 11) is 0. The molecule has 0 bridgehead atoms. The van der Waals surface area contributed by atoms with Gasteiger partial charge < -0.3 is 4.42 Å². The van der Waals surface area contributed by atoms with Crippen molar-refractivity contribution in [3.8, 4) is 11.5 Å². The number of aromatic nitrogens is 2. The zero-order valence-electron chi connectivity index (χ0n) is 12.9. The molecule has 0 fully saturated rings. The maximum atomic E-state index is 5.62. The van der Waals surface area contributed by atoms with Crippen LogP contribution in [0.1, 0.15) is 18.2 Å². The summed E-state index contributed by atoms with van der Waals surface area (Å²) in [5.74, 6) is 0.660. The molecule has 0 aliphatic heterocycles. The second kappa shape index (κ2) is 7.53. The van der Waals surface area contributed by atoms with Crippen LogP contribution in [-0.4, -0.2) is 21.4 Å². The van der Waals surface area contributed by atoms with E-state index in [1.165, 1.54) is 5.56 Å². The highest BCUT2D eigenvalue weighted by Gasteiger charge is 2.10. The molecule has 0 N–H and O–H groups in total. The number of halogens is 1. The van der Waals surface area contributed by atoms with Crippen molar-refractivity contribution < 1.29 is 4.42 Å². The van der Waals surface area contributed by atoms with Gasteiger partial charge in [-0.2, -0.15) is 0 Å². The van der Waals surface area contributed by atoms with Crippen LogP contribution in [0, 0.1) is 0 Å². The average molecular weight is 372 g/mol. The van der Waals surface area contributed by atoms with Gasteiger partial charge in [0.15, 0.2) is 0 Å². The number of oxazole rings is 1. The number of rotatable bonds is 6. The summed E-state index contributed by atoms with van der Waals surface area (Å²) in [6.45, 7) is 4.73. The number of hydrogen-bond acceptors (Lipinski definition) is 4. The van der Waals surface area contributed by atoms with Crippen molar-refractivity contribution in [1.29, 1.82) is 0 Å². The highest BCUT2D eigenvalue weighted by molar-refractivity contribution is 9.10. The van der Waals surface area contributed by atoms with E-state index < -0.39 is 0 Å². The fourth-order valence-electron chi connectivity index (χ4n) is 2.36. The van der Waals surface area contributed by atoms with Crippen molar-refractivity contribution in [2.75, 3.05) is 6.54 Å². The molecule has 0 aliphatic rings. The molecule has 0 saturated heterocycles. The van der Waals surface area contributed by atoms with E-state index in [1.54, 1.807) is 6.26 Å². The molecule has 1 aromatic carbocycles. The summed E-state index contributed by atoms with van der Waals surface area (Å²) in [5, 5.41) is 0. The topological polar surface area (TPSA) is 42.2 Å². The first-order valence-electron chi connectivity index (χ1n) is 7.56. The number of hydrogen-bond donors (Lipinski definition) is 0. The van der Waals surface area contributed by atoms with Crippen LogP contribution in [-0.2, 0) is 13.1 Å². The van der Waals surface area contributed by atoms with Crippen LogP contribution in [0.2, 0.25) is 0 Å². The summed E-state index contributed by atoms with van der Waals surface area (Å²) in [6.07, 6.45) is 5.39. The van der Waals surface area contributed by atoms with Crippen LogP contribution in [0.4, 0.5) is 0 Å². The fraction of sp³-hybridized carbons (Fsp3) is 0.222. The Morgan fingerprint density at radius 2 is 1.78 bits per heavy atom. The molecule has 4 nitrogen and oxygen atoms in total. The van der Waals surface area contributed by atoms with Gasteiger partial charge in [-0.05, 0) is 48.5 Å². The number of benzene rings is 1. The van der Waals surface area contributed by atoms with Gasteiger partial charge in [0.05, 0.1) is 5.69 Å². The van der Waals surface area contributed by atoms with E-state index in [4.69, 9.17) is 4.42 Å². The van der Waals surface area contributed by atoms with Crippen LogP contribution in [0.5, 0.6) is 0 Å². The molecule has 3 aromatic rings. The standard InChI is InChI=1S/C18H18BrN3O/c1-2-22(11-14-7-9-20-10-8-14)12-17-13-23-18(21-17)15-3-5-16(19)6-4-15/h3-10,13H,2,11-12H2,1H3. The molecule has 0 amide bonds. The maximum absolute atomic E-state index is 5.62. The molecule has 23 heavy (non-hydrogen) atoms. The van der Waals surface area contributed by atoms with Gasteiger partial charge in [0.2, 0.25) is 5.89 Å². The third-order valence-electron chi connectivity index (χ3n) is 3.63. The van der Waals surface area contributed by atoms with Crippen LogP contribution in [0.15, 0.2) is 63.9 Å². The minimum atomic E-state index is 0.660. The lowest BCUT2D eigenvalue weighted by Crippen LogP contribution is -2.22. The van der Waals surface area contributed by atoms with Crippen molar-refractivity contribution in [3.05, 3.63) is 70.8 Å². The summed E-state index contributed by atoms with van der Waals surface area (Å²) in [6, 6.07) is 12.0. The van der Waals surface area contributed by atoms with E-state index in [1.807, 2.05) is 48.8 Å². The van der Waals surface area contributed by atoms with Crippen molar-refractivity contribution in [1.82, 2.24) is 14.9 Å². The second-order valence-electron chi connectivity index (χ2n) is 5.31. The van der Waals surface area contributed by atoms with Crippen molar-refractivity contribution in [3.63, 3.8) is 0 Å². The lowest BCUT2D eigenvalue weighted by molar-refractivity contribution is 0.268. The van der Waals surface area contributed by atoms with Gasteiger partial charge >= 0.3 is 0 Å². The molecule has 0 aliphatic carbocycles. The summed E-state index contributed by atoms with van der Waals surface area (Å²) in [5.41, 5.74) is 3.17. The Kier molecular flexibility index (Phi) is 5.20. The van der Waals surface area contributed by atoms with Crippen molar-refractivity contribution in [2.45, 2.75) is 20.0 Å². The third-order valence-corrected chi connectivity index (χ3v) is 4.16. The van der Waals surface area contributed by atoms with Crippen LogP contribution >= 0.6 is 15.9 Å².